The van der Waals surface area contributed by atoms with E-state index in [0.29, 0.717) is 17.5 Å². The van der Waals surface area contributed by atoms with Gasteiger partial charge in [0.2, 0.25) is 0 Å². The Bertz CT molecular complexity index is 3850. The summed E-state index contributed by atoms with van der Waals surface area (Å²) in [6.45, 7) is 0. The van der Waals surface area contributed by atoms with Crippen LogP contribution in [0.4, 0.5) is 0 Å². The number of para-hydroxylation sites is 3. The van der Waals surface area contributed by atoms with Gasteiger partial charge in [0, 0.05) is 43.9 Å². The third-order valence-corrected chi connectivity index (χ3v) is 18.4. The van der Waals surface area contributed by atoms with Crippen LogP contribution < -0.4 is 20.7 Å². The van der Waals surface area contributed by atoms with Crippen LogP contribution in [0.1, 0.15) is 0 Å². The molecular weight excluding hydrogens is 857 g/mol. The summed E-state index contributed by atoms with van der Waals surface area (Å²) in [5.74, 6) is 1.81. The molecule has 0 unspecified atom stereocenters. The third kappa shape index (κ3) is 6.88. The Kier molecular flexibility index (Phi) is 9.77. The Hall–Kier alpha value is -8.97. The van der Waals surface area contributed by atoms with E-state index in [1.807, 2.05) is 12.1 Å². The van der Waals surface area contributed by atoms with E-state index in [4.69, 9.17) is 19.4 Å². The first-order chi connectivity index (χ1) is 34.2. The molecule has 13 rings (SSSR count). The Morgan fingerprint density at radius 1 is 0.290 bits per heavy atom. The van der Waals surface area contributed by atoms with E-state index in [1.165, 1.54) is 42.6 Å². The van der Waals surface area contributed by atoms with Crippen molar-refractivity contribution >= 4 is 72.6 Å². The van der Waals surface area contributed by atoms with E-state index in [-0.39, 0.29) is 0 Å². The van der Waals surface area contributed by atoms with Crippen molar-refractivity contribution in [3.8, 4) is 51.0 Å². The molecule has 0 atom stereocenters. The summed E-state index contributed by atoms with van der Waals surface area (Å²) in [4.78, 5) is 15.8. The zero-order chi connectivity index (χ0) is 45.7. The molecule has 0 aliphatic rings. The molecule has 0 saturated carbocycles. The molecule has 0 bridgehead atoms. The summed E-state index contributed by atoms with van der Waals surface area (Å²) in [7, 11) is -2.74. The van der Waals surface area contributed by atoms with Crippen LogP contribution in [0, 0.1) is 0 Å². The van der Waals surface area contributed by atoms with Gasteiger partial charge in [0.25, 0.3) is 0 Å². The highest BCUT2D eigenvalue weighted by Crippen LogP contribution is 2.35. The molecule has 324 valence electrons. The fourth-order valence-electron chi connectivity index (χ4n) is 10.4. The summed E-state index contributed by atoms with van der Waals surface area (Å²) in [6, 6.07) is 90.9. The number of nitrogens with zero attached hydrogens (tertiary/aromatic N) is 4. The molecule has 0 spiro atoms. The van der Waals surface area contributed by atoms with Crippen molar-refractivity contribution in [3.05, 3.63) is 255 Å². The van der Waals surface area contributed by atoms with Crippen LogP contribution in [-0.4, -0.2) is 27.6 Å². The standard InChI is InChI=1S/C63H42N4OSi/c1-4-19-49(20-5-1)69(50-21-6-2-7-22-50,51-23-8-3-9-24-51)52-38-33-44(34-39-52)62-64-61(43-31-36-48(37-32-43)67-57-28-13-10-25-53(57)54-26-11-14-29-58(54)67)65-63(66-62)47-18-16-17-45(41-47)46-35-40-60-56(42-46)55-27-12-15-30-59(55)68-60/h1-42H. The van der Waals surface area contributed by atoms with Crippen molar-refractivity contribution in [2.45, 2.75) is 0 Å². The number of fused-ring (bicyclic) bond motifs is 6. The quantitative estimate of drug-likeness (QED) is 0.107. The molecular formula is C63H42N4OSi. The second kappa shape index (κ2) is 16.7. The summed E-state index contributed by atoms with van der Waals surface area (Å²) in [5.41, 5.74) is 10.0. The molecule has 10 aromatic carbocycles. The lowest BCUT2D eigenvalue weighted by atomic mass is 10.0. The first-order valence-electron chi connectivity index (χ1n) is 23.3. The SMILES string of the molecule is c1ccc([Si](c2ccccc2)(c2ccccc2)c2ccc(-c3nc(-c4ccc(-n5c6ccccc6c6ccccc65)cc4)nc(-c4cccc(-c5ccc6oc7ccccc7c6c5)c4)n3)cc2)cc1. The Morgan fingerprint density at radius 3 is 1.29 bits per heavy atom. The lowest BCUT2D eigenvalue weighted by molar-refractivity contribution is 0.669. The molecule has 69 heavy (non-hydrogen) atoms. The van der Waals surface area contributed by atoms with Crippen LogP contribution in [0.5, 0.6) is 0 Å². The van der Waals surface area contributed by atoms with Gasteiger partial charge in [-0.1, -0.05) is 194 Å². The molecule has 0 radical (unpaired) electrons. The fraction of sp³-hybridized carbons (Fsp3) is 0. The summed E-state index contributed by atoms with van der Waals surface area (Å²) >= 11 is 0. The van der Waals surface area contributed by atoms with Crippen LogP contribution in [0.15, 0.2) is 259 Å². The van der Waals surface area contributed by atoms with Gasteiger partial charge in [0.1, 0.15) is 11.2 Å². The topological polar surface area (TPSA) is 56.7 Å². The maximum absolute atomic E-state index is 6.18. The minimum absolute atomic E-state index is 0.601. The van der Waals surface area contributed by atoms with Gasteiger partial charge >= 0.3 is 0 Å². The van der Waals surface area contributed by atoms with Crippen molar-refractivity contribution in [3.63, 3.8) is 0 Å². The van der Waals surface area contributed by atoms with Crippen molar-refractivity contribution in [1.29, 1.82) is 0 Å². The Balaban J connectivity index is 0.954. The highest BCUT2D eigenvalue weighted by Gasteiger charge is 2.41. The Morgan fingerprint density at radius 2 is 0.710 bits per heavy atom. The van der Waals surface area contributed by atoms with Crippen LogP contribution in [0.25, 0.3) is 94.7 Å². The molecule has 0 saturated heterocycles. The van der Waals surface area contributed by atoms with E-state index >= 15 is 0 Å². The Labute approximate surface area is 400 Å². The van der Waals surface area contributed by atoms with E-state index in [0.717, 1.165) is 55.4 Å². The van der Waals surface area contributed by atoms with Gasteiger partial charge in [-0.3, -0.25) is 0 Å². The number of aromatic nitrogens is 4. The molecule has 0 N–H and O–H groups in total. The average molecular weight is 899 g/mol. The summed E-state index contributed by atoms with van der Waals surface area (Å²) in [6.07, 6.45) is 0. The van der Waals surface area contributed by atoms with E-state index in [1.54, 1.807) is 0 Å². The predicted molar refractivity (Wildman–Crippen MR) is 287 cm³/mol. The number of hydrogen-bond donors (Lipinski definition) is 0. The normalized spacial score (nSPS) is 11.8. The molecule has 0 amide bonds. The van der Waals surface area contributed by atoms with Crippen molar-refractivity contribution < 1.29 is 4.42 Å². The maximum atomic E-state index is 6.18. The van der Waals surface area contributed by atoms with Gasteiger partial charge in [-0.2, -0.15) is 0 Å². The zero-order valence-electron chi connectivity index (χ0n) is 37.4. The molecule has 0 aliphatic heterocycles. The number of furan rings is 1. The van der Waals surface area contributed by atoms with Gasteiger partial charge in [0.15, 0.2) is 25.5 Å². The largest absolute Gasteiger partial charge is 0.456 e. The molecule has 0 aliphatic carbocycles. The lowest BCUT2D eigenvalue weighted by Crippen LogP contribution is -2.74. The monoisotopic (exact) mass is 898 g/mol. The van der Waals surface area contributed by atoms with Crippen molar-refractivity contribution in [1.82, 2.24) is 19.5 Å². The molecule has 6 heteroatoms. The maximum Gasteiger partial charge on any atom is 0.179 e. The minimum atomic E-state index is -2.74. The lowest BCUT2D eigenvalue weighted by Gasteiger charge is -2.34. The second-order valence-corrected chi connectivity index (χ2v) is 21.3. The fourth-order valence-corrected chi connectivity index (χ4v) is 15.1. The number of hydrogen-bond acceptors (Lipinski definition) is 4. The third-order valence-electron chi connectivity index (χ3n) is 13.6. The van der Waals surface area contributed by atoms with Crippen molar-refractivity contribution in [2.75, 3.05) is 0 Å². The number of rotatable bonds is 9. The highest BCUT2D eigenvalue weighted by atomic mass is 28.3. The van der Waals surface area contributed by atoms with Crippen molar-refractivity contribution in [2.24, 2.45) is 0 Å². The predicted octanol–water partition coefficient (Wildman–Crippen LogP) is 12.9. The number of benzene rings is 10. The molecule has 5 nitrogen and oxygen atoms in total. The minimum Gasteiger partial charge on any atom is -0.456 e. The van der Waals surface area contributed by atoms with Gasteiger partial charge in [-0.15, -0.1) is 0 Å². The van der Waals surface area contributed by atoms with Gasteiger partial charge in [0.05, 0.1) is 11.0 Å². The first-order valence-corrected chi connectivity index (χ1v) is 25.3. The van der Waals surface area contributed by atoms with Crippen LogP contribution in [0.2, 0.25) is 0 Å². The van der Waals surface area contributed by atoms with Gasteiger partial charge in [-0.25, -0.2) is 15.0 Å². The average Bonchev–Trinajstić information content (AvgIpc) is 3.98. The van der Waals surface area contributed by atoms with Crippen LogP contribution >= 0.6 is 0 Å². The second-order valence-electron chi connectivity index (χ2n) is 17.5. The summed E-state index contributed by atoms with van der Waals surface area (Å²) < 4.78 is 8.51. The van der Waals surface area contributed by atoms with Crippen LogP contribution in [0.3, 0.4) is 0 Å². The van der Waals surface area contributed by atoms with E-state index < -0.39 is 8.07 Å². The molecule has 0 fully saturated rings. The molecule has 13 aromatic rings. The smallest absolute Gasteiger partial charge is 0.179 e. The summed E-state index contributed by atoms with van der Waals surface area (Å²) in [5, 5.41) is 9.89. The van der Waals surface area contributed by atoms with Gasteiger partial charge < -0.3 is 8.98 Å². The first kappa shape index (κ1) is 40.3. The van der Waals surface area contributed by atoms with E-state index in [2.05, 4.69) is 247 Å². The van der Waals surface area contributed by atoms with Crippen LogP contribution in [-0.2, 0) is 0 Å². The highest BCUT2D eigenvalue weighted by molar-refractivity contribution is 7.19. The van der Waals surface area contributed by atoms with E-state index in [9.17, 15) is 0 Å². The molecule has 3 aromatic heterocycles. The zero-order valence-corrected chi connectivity index (χ0v) is 38.4. The van der Waals surface area contributed by atoms with Gasteiger partial charge in [-0.05, 0) is 92.5 Å². The molecule has 3 heterocycles.